The molecule has 32 heavy (non-hydrogen) atoms. The summed E-state index contributed by atoms with van der Waals surface area (Å²) in [7, 11) is -3.84. The van der Waals surface area contributed by atoms with Crippen LogP contribution in [0.3, 0.4) is 0 Å². The van der Waals surface area contributed by atoms with E-state index in [1.54, 1.807) is 31.2 Å². The maximum absolute atomic E-state index is 13.7. The second-order valence-corrected chi connectivity index (χ2v) is 10.5. The van der Waals surface area contributed by atoms with E-state index in [0.29, 0.717) is 0 Å². The molecule has 0 radical (unpaired) electrons. The lowest BCUT2D eigenvalue weighted by Crippen LogP contribution is -2.44. The molecule has 1 aliphatic rings. The predicted octanol–water partition coefficient (Wildman–Crippen LogP) is 5.30. The number of sulfonamides is 1. The number of carbonyl (C=O) groups is 1. The van der Waals surface area contributed by atoms with Crippen LogP contribution in [0.5, 0.6) is 0 Å². The monoisotopic (exact) mass is 457 g/mol. The van der Waals surface area contributed by atoms with Gasteiger partial charge in [-0.15, -0.1) is 0 Å². The molecule has 3 rings (SSSR count). The molecule has 5 nitrogen and oxygen atoms in total. The molecule has 1 heterocycles. The SMILES string of the molecule is CCCCCC[C@@H]1[C@@H](C(=O)OCC)N(S(=O)(=O)c2ccc(C)cc2)C[C@H]1c1ccccc1. The van der Waals surface area contributed by atoms with E-state index in [1.807, 2.05) is 37.3 Å². The standard InChI is InChI=1S/C26H35NO4S/c1-4-6-7-11-14-23-24(21-12-9-8-10-13-21)19-27(25(23)26(28)31-5-2)32(29,30)22-17-15-20(3)16-18-22/h8-10,12-13,15-18,23-25H,4-7,11,14,19H2,1-3H3/t23-,24-,25-/m0/s1. The van der Waals surface area contributed by atoms with Crippen molar-refractivity contribution in [3.05, 3.63) is 65.7 Å². The van der Waals surface area contributed by atoms with Gasteiger partial charge in [-0.25, -0.2) is 8.42 Å². The Bertz CT molecular complexity index is 973. The maximum atomic E-state index is 13.7. The zero-order chi connectivity index (χ0) is 23.1. The van der Waals surface area contributed by atoms with Gasteiger partial charge in [0.05, 0.1) is 11.5 Å². The highest BCUT2D eigenvalue weighted by Crippen LogP contribution is 2.43. The van der Waals surface area contributed by atoms with Crippen LogP contribution < -0.4 is 0 Å². The van der Waals surface area contributed by atoms with E-state index in [9.17, 15) is 13.2 Å². The molecule has 1 aliphatic heterocycles. The largest absolute Gasteiger partial charge is 0.465 e. The molecule has 2 aromatic rings. The van der Waals surface area contributed by atoms with Crippen LogP contribution >= 0.6 is 0 Å². The molecular weight excluding hydrogens is 422 g/mol. The number of benzene rings is 2. The minimum Gasteiger partial charge on any atom is -0.465 e. The first-order valence-electron chi connectivity index (χ1n) is 11.7. The van der Waals surface area contributed by atoms with Crippen molar-refractivity contribution in [3.63, 3.8) is 0 Å². The van der Waals surface area contributed by atoms with Gasteiger partial charge in [-0.2, -0.15) is 4.31 Å². The quantitative estimate of drug-likeness (QED) is 0.359. The van der Waals surface area contributed by atoms with Gasteiger partial charge in [0.25, 0.3) is 0 Å². The van der Waals surface area contributed by atoms with Gasteiger partial charge >= 0.3 is 5.97 Å². The predicted molar refractivity (Wildman–Crippen MR) is 127 cm³/mol. The van der Waals surface area contributed by atoms with E-state index in [2.05, 4.69) is 6.92 Å². The average Bonchev–Trinajstić information content (AvgIpc) is 3.18. The zero-order valence-electron chi connectivity index (χ0n) is 19.4. The van der Waals surface area contributed by atoms with Crippen molar-refractivity contribution in [2.75, 3.05) is 13.2 Å². The smallest absolute Gasteiger partial charge is 0.324 e. The maximum Gasteiger partial charge on any atom is 0.324 e. The third kappa shape index (κ3) is 5.41. The van der Waals surface area contributed by atoms with Crippen LogP contribution in [0.4, 0.5) is 0 Å². The Morgan fingerprint density at radius 1 is 1.00 bits per heavy atom. The van der Waals surface area contributed by atoms with Gasteiger partial charge in [-0.05, 0) is 43.9 Å². The summed E-state index contributed by atoms with van der Waals surface area (Å²) in [6.45, 7) is 6.36. The highest BCUT2D eigenvalue weighted by molar-refractivity contribution is 7.89. The van der Waals surface area contributed by atoms with Crippen LogP contribution in [-0.4, -0.2) is 37.9 Å². The van der Waals surface area contributed by atoms with Gasteiger partial charge in [0.2, 0.25) is 10.0 Å². The average molecular weight is 458 g/mol. The fourth-order valence-corrected chi connectivity index (χ4v) is 6.36. The van der Waals surface area contributed by atoms with Crippen molar-refractivity contribution < 1.29 is 17.9 Å². The molecular formula is C26H35NO4S. The molecule has 0 unspecified atom stereocenters. The minimum absolute atomic E-state index is 0.0487. The Labute approximate surface area is 192 Å². The molecule has 6 heteroatoms. The summed E-state index contributed by atoms with van der Waals surface area (Å²) in [5.74, 6) is -0.608. The number of nitrogens with zero attached hydrogens (tertiary/aromatic N) is 1. The fourth-order valence-electron chi connectivity index (χ4n) is 4.71. The number of carbonyl (C=O) groups excluding carboxylic acids is 1. The first kappa shape index (κ1) is 24.5. The molecule has 0 bridgehead atoms. The third-order valence-electron chi connectivity index (χ3n) is 6.38. The van der Waals surface area contributed by atoms with Crippen LogP contribution in [0.25, 0.3) is 0 Å². The molecule has 0 aliphatic carbocycles. The molecule has 0 amide bonds. The van der Waals surface area contributed by atoms with Gasteiger partial charge in [-0.3, -0.25) is 4.79 Å². The number of esters is 1. The second kappa shape index (κ2) is 11.1. The molecule has 1 fully saturated rings. The van der Waals surface area contributed by atoms with E-state index in [1.165, 1.54) is 4.31 Å². The molecule has 174 valence electrons. The lowest BCUT2D eigenvalue weighted by atomic mass is 9.82. The molecule has 1 saturated heterocycles. The summed E-state index contributed by atoms with van der Waals surface area (Å²) in [4.78, 5) is 13.4. The van der Waals surface area contributed by atoms with Crippen molar-refractivity contribution in [3.8, 4) is 0 Å². The second-order valence-electron chi connectivity index (χ2n) is 8.62. The number of aryl methyl sites for hydroxylation is 1. The molecule has 0 spiro atoms. The number of ether oxygens (including phenoxy) is 1. The summed E-state index contributed by atoms with van der Waals surface area (Å²) < 4.78 is 34.2. The van der Waals surface area contributed by atoms with Crippen LogP contribution in [0, 0.1) is 12.8 Å². The molecule has 0 saturated carbocycles. The topological polar surface area (TPSA) is 63.7 Å². The van der Waals surface area contributed by atoms with Crippen LogP contribution in [0.2, 0.25) is 0 Å². The summed E-state index contributed by atoms with van der Waals surface area (Å²) in [6, 6.07) is 16.0. The number of hydrogen-bond donors (Lipinski definition) is 0. The van der Waals surface area contributed by atoms with E-state index in [0.717, 1.165) is 43.2 Å². The van der Waals surface area contributed by atoms with Crippen LogP contribution in [-0.2, 0) is 19.6 Å². The summed E-state index contributed by atoms with van der Waals surface area (Å²) in [6.07, 6.45) is 5.11. The van der Waals surface area contributed by atoms with E-state index >= 15 is 0 Å². The summed E-state index contributed by atoms with van der Waals surface area (Å²) >= 11 is 0. The first-order valence-corrected chi connectivity index (χ1v) is 13.1. The highest BCUT2D eigenvalue weighted by Gasteiger charge is 2.51. The Balaban J connectivity index is 2.02. The van der Waals surface area contributed by atoms with Crippen LogP contribution in [0.1, 0.15) is 63.0 Å². The molecule has 0 N–H and O–H groups in total. The Morgan fingerprint density at radius 2 is 1.69 bits per heavy atom. The van der Waals surface area contributed by atoms with E-state index in [4.69, 9.17) is 4.74 Å². The van der Waals surface area contributed by atoms with Gasteiger partial charge in [0.1, 0.15) is 6.04 Å². The van der Waals surface area contributed by atoms with Crippen molar-refractivity contribution in [1.29, 1.82) is 0 Å². The fraction of sp³-hybridized carbons (Fsp3) is 0.500. The zero-order valence-corrected chi connectivity index (χ0v) is 20.2. The van der Waals surface area contributed by atoms with Crippen molar-refractivity contribution >= 4 is 16.0 Å². The number of unbranched alkanes of at least 4 members (excludes halogenated alkanes) is 3. The normalized spacial score (nSPS) is 21.5. The Morgan fingerprint density at radius 3 is 2.31 bits per heavy atom. The lowest BCUT2D eigenvalue weighted by molar-refractivity contribution is -0.148. The first-order chi connectivity index (χ1) is 15.4. The van der Waals surface area contributed by atoms with Gasteiger partial charge in [-0.1, -0.05) is 80.6 Å². The van der Waals surface area contributed by atoms with Crippen molar-refractivity contribution in [1.82, 2.24) is 4.31 Å². The Kier molecular flexibility index (Phi) is 8.49. The summed E-state index contributed by atoms with van der Waals surface area (Å²) in [5.41, 5.74) is 2.06. The Hall–Kier alpha value is -2.18. The van der Waals surface area contributed by atoms with Crippen LogP contribution in [0.15, 0.2) is 59.5 Å². The van der Waals surface area contributed by atoms with E-state index < -0.39 is 22.0 Å². The summed E-state index contributed by atoms with van der Waals surface area (Å²) in [5, 5.41) is 0. The molecule has 0 aromatic heterocycles. The molecule has 2 aromatic carbocycles. The van der Waals surface area contributed by atoms with E-state index in [-0.39, 0.29) is 29.9 Å². The van der Waals surface area contributed by atoms with Gasteiger partial charge in [0.15, 0.2) is 0 Å². The van der Waals surface area contributed by atoms with Gasteiger partial charge < -0.3 is 4.74 Å². The number of rotatable bonds is 10. The highest BCUT2D eigenvalue weighted by atomic mass is 32.2. The van der Waals surface area contributed by atoms with Gasteiger partial charge in [0, 0.05) is 12.5 Å². The van der Waals surface area contributed by atoms with Crippen molar-refractivity contribution in [2.24, 2.45) is 5.92 Å². The lowest BCUT2D eigenvalue weighted by Gasteiger charge is -2.26. The number of hydrogen-bond acceptors (Lipinski definition) is 4. The molecule has 3 atom stereocenters. The van der Waals surface area contributed by atoms with Crippen molar-refractivity contribution in [2.45, 2.75) is 69.7 Å². The third-order valence-corrected chi connectivity index (χ3v) is 8.25. The minimum atomic E-state index is -3.84.